The number of hydrogen-bond acceptors (Lipinski definition) is 3. The van der Waals surface area contributed by atoms with Crippen molar-refractivity contribution in [3.63, 3.8) is 0 Å². The maximum Gasteiger partial charge on any atom is 0.303 e. The highest BCUT2D eigenvalue weighted by Gasteiger charge is 2.14. The van der Waals surface area contributed by atoms with Crippen molar-refractivity contribution in [3.8, 4) is 0 Å². The molecule has 5 heteroatoms. The maximum absolute atomic E-state index is 12.2. The molecule has 14 heavy (non-hydrogen) atoms. The van der Waals surface area contributed by atoms with Gasteiger partial charge >= 0.3 is 10.2 Å². The normalized spacial score (nSPS) is 13.9. The molecule has 1 aromatic rings. The van der Waals surface area contributed by atoms with Crippen molar-refractivity contribution in [2.45, 2.75) is 12.5 Å². The standard InChI is InChI=1S/C9H12FNO2S/c10-14(12,13)7-9(11)6-8-4-2-1-3-5-8/h1-5,9H,6-7,11H2/t9-/m0/s1. The highest BCUT2D eigenvalue weighted by Crippen LogP contribution is 2.04. The van der Waals surface area contributed by atoms with Gasteiger partial charge in [0.15, 0.2) is 0 Å². The van der Waals surface area contributed by atoms with Crippen molar-refractivity contribution in [1.29, 1.82) is 0 Å². The van der Waals surface area contributed by atoms with Gasteiger partial charge in [0.05, 0.1) is 5.75 Å². The topological polar surface area (TPSA) is 60.2 Å². The minimum absolute atomic E-state index is 0.365. The van der Waals surface area contributed by atoms with E-state index in [1.165, 1.54) is 0 Å². The molecule has 0 radical (unpaired) electrons. The SMILES string of the molecule is N[C@@H](Cc1ccccc1)CS(=O)(=O)F. The van der Waals surface area contributed by atoms with Crippen LogP contribution in [0.1, 0.15) is 5.56 Å². The van der Waals surface area contributed by atoms with E-state index in [0.717, 1.165) is 5.56 Å². The molecule has 0 unspecified atom stereocenters. The second-order valence-electron chi connectivity index (χ2n) is 3.16. The van der Waals surface area contributed by atoms with Crippen LogP contribution in [0.25, 0.3) is 0 Å². The Balaban J connectivity index is 2.54. The predicted octanol–water partition coefficient (Wildman–Crippen LogP) is 0.856. The number of benzene rings is 1. The smallest absolute Gasteiger partial charge is 0.303 e. The van der Waals surface area contributed by atoms with Gasteiger partial charge in [0.1, 0.15) is 0 Å². The van der Waals surface area contributed by atoms with E-state index in [4.69, 9.17) is 5.73 Å². The lowest BCUT2D eigenvalue weighted by Gasteiger charge is -2.08. The lowest BCUT2D eigenvalue weighted by molar-refractivity contribution is 0.542. The molecular weight excluding hydrogens is 205 g/mol. The Morgan fingerprint density at radius 1 is 1.29 bits per heavy atom. The van der Waals surface area contributed by atoms with Crippen molar-refractivity contribution < 1.29 is 12.3 Å². The van der Waals surface area contributed by atoms with E-state index in [-0.39, 0.29) is 0 Å². The van der Waals surface area contributed by atoms with E-state index in [1.54, 1.807) is 0 Å². The van der Waals surface area contributed by atoms with Crippen LogP contribution in [0.2, 0.25) is 0 Å². The third-order valence-electron chi connectivity index (χ3n) is 1.75. The van der Waals surface area contributed by atoms with E-state index in [1.807, 2.05) is 30.3 Å². The summed E-state index contributed by atoms with van der Waals surface area (Å²) in [4.78, 5) is 0. The third-order valence-corrected chi connectivity index (χ3v) is 2.58. The first kappa shape index (κ1) is 11.1. The van der Waals surface area contributed by atoms with Gasteiger partial charge in [-0.3, -0.25) is 0 Å². The zero-order chi connectivity index (χ0) is 10.6. The van der Waals surface area contributed by atoms with Crippen LogP contribution in [-0.2, 0) is 16.6 Å². The van der Waals surface area contributed by atoms with E-state index in [2.05, 4.69) is 0 Å². The van der Waals surface area contributed by atoms with E-state index in [0.29, 0.717) is 6.42 Å². The summed E-state index contributed by atoms with van der Waals surface area (Å²) >= 11 is 0. The first-order valence-electron chi connectivity index (χ1n) is 4.19. The van der Waals surface area contributed by atoms with Crippen LogP contribution in [0, 0.1) is 0 Å². The van der Waals surface area contributed by atoms with Crippen molar-refractivity contribution in [2.24, 2.45) is 5.73 Å². The van der Waals surface area contributed by atoms with Gasteiger partial charge < -0.3 is 5.73 Å². The molecule has 0 aliphatic rings. The van der Waals surface area contributed by atoms with Crippen molar-refractivity contribution in [2.75, 3.05) is 5.75 Å². The second kappa shape index (κ2) is 4.52. The van der Waals surface area contributed by atoms with Crippen LogP contribution < -0.4 is 5.73 Å². The first-order chi connectivity index (χ1) is 6.47. The van der Waals surface area contributed by atoms with Crippen LogP contribution in [-0.4, -0.2) is 20.2 Å². The Morgan fingerprint density at radius 3 is 2.36 bits per heavy atom. The minimum atomic E-state index is -4.47. The third kappa shape index (κ3) is 4.34. The molecule has 0 aliphatic heterocycles. The van der Waals surface area contributed by atoms with Crippen LogP contribution >= 0.6 is 0 Å². The Kier molecular flexibility index (Phi) is 3.60. The van der Waals surface area contributed by atoms with Crippen molar-refractivity contribution in [1.82, 2.24) is 0 Å². The fourth-order valence-corrected chi connectivity index (χ4v) is 1.86. The molecule has 0 saturated heterocycles. The molecular formula is C9H12FNO2S. The van der Waals surface area contributed by atoms with Crippen LogP contribution in [0.15, 0.2) is 30.3 Å². The Hall–Kier alpha value is -0.940. The van der Waals surface area contributed by atoms with Gasteiger partial charge in [0.2, 0.25) is 0 Å². The lowest BCUT2D eigenvalue weighted by atomic mass is 10.1. The fourth-order valence-electron chi connectivity index (χ4n) is 1.23. The minimum Gasteiger partial charge on any atom is -0.326 e. The van der Waals surface area contributed by atoms with Gasteiger partial charge in [-0.25, -0.2) is 0 Å². The summed E-state index contributed by atoms with van der Waals surface area (Å²) in [7, 11) is -4.47. The number of nitrogens with two attached hydrogens (primary N) is 1. The van der Waals surface area contributed by atoms with Gasteiger partial charge in [-0.15, -0.1) is 3.89 Å². The van der Waals surface area contributed by atoms with Gasteiger partial charge in [-0.05, 0) is 12.0 Å². The fraction of sp³-hybridized carbons (Fsp3) is 0.333. The molecule has 0 heterocycles. The summed E-state index contributed by atoms with van der Waals surface area (Å²) in [6, 6.07) is 8.46. The Labute approximate surface area is 83.0 Å². The summed E-state index contributed by atoms with van der Waals surface area (Å²) in [6.07, 6.45) is 0.365. The molecule has 1 rings (SSSR count). The average Bonchev–Trinajstić information content (AvgIpc) is 2.02. The molecule has 0 fully saturated rings. The molecule has 0 saturated carbocycles. The zero-order valence-electron chi connectivity index (χ0n) is 7.56. The maximum atomic E-state index is 12.2. The van der Waals surface area contributed by atoms with Crippen LogP contribution in [0.4, 0.5) is 3.89 Å². The van der Waals surface area contributed by atoms with E-state index in [9.17, 15) is 12.3 Å². The molecule has 2 N–H and O–H groups in total. The summed E-state index contributed by atoms with van der Waals surface area (Å²) in [5, 5.41) is 0. The molecule has 3 nitrogen and oxygen atoms in total. The second-order valence-corrected chi connectivity index (χ2v) is 4.57. The number of hydrogen-bond donors (Lipinski definition) is 1. The van der Waals surface area contributed by atoms with Crippen molar-refractivity contribution in [3.05, 3.63) is 35.9 Å². The lowest BCUT2D eigenvalue weighted by Crippen LogP contribution is -2.30. The number of halogens is 1. The molecule has 1 atom stereocenters. The first-order valence-corrected chi connectivity index (χ1v) is 5.74. The molecule has 0 bridgehead atoms. The quantitative estimate of drug-likeness (QED) is 0.761. The van der Waals surface area contributed by atoms with Gasteiger partial charge in [-0.1, -0.05) is 30.3 Å². The molecule has 0 amide bonds. The largest absolute Gasteiger partial charge is 0.326 e. The molecule has 0 aliphatic carbocycles. The molecule has 0 aromatic heterocycles. The average molecular weight is 217 g/mol. The number of rotatable bonds is 4. The highest BCUT2D eigenvalue weighted by molar-refractivity contribution is 7.86. The summed E-state index contributed by atoms with van der Waals surface area (Å²) < 4.78 is 32.8. The van der Waals surface area contributed by atoms with Crippen LogP contribution in [0.3, 0.4) is 0 Å². The molecule has 78 valence electrons. The zero-order valence-corrected chi connectivity index (χ0v) is 8.37. The van der Waals surface area contributed by atoms with Gasteiger partial charge in [0.25, 0.3) is 0 Å². The Morgan fingerprint density at radius 2 is 1.86 bits per heavy atom. The molecule has 0 spiro atoms. The van der Waals surface area contributed by atoms with E-state index >= 15 is 0 Å². The Bertz CT molecular complexity index is 377. The highest BCUT2D eigenvalue weighted by atomic mass is 32.3. The summed E-state index contributed by atoms with van der Waals surface area (Å²) in [5.41, 5.74) is 6.38. The molecule has 1 aromatic carbocycles. The van der Waals surface area contributed by atoms with E-state index < -0.39 is 22.0 Å². The van der Waals surface area contributed by atoms with Crippen LogP contribution in [0.5, 0.6) is 0 Å². The van der Waals surface area contributed by atoms with Gasteiger partial charge in [0, 0.05) is 6.04 Å². The predicted molar refractivity (Wildman–Crippen MR) is 53.0 cm³/mol. The summed E-state index contributed by atoms with van der Waals surface area (Å²) in [5.74, 6) is -0.623. The van der Waals surface area contributed by atoms with Gasteiger partial charge in [-0.2, -0.15) is 8.42 Å². The summed E-state index contributed by atoms with van der Waals surface area (Å²) in [6.45, 7) is 0. The van der Waals surface area contributed by atoms with Crippen molar-refractivity contribution >= 4 is 10.2 Å². The monoisotopic (exact) mass is 217 g/mol.